The standard InChI is InChI=1S/C14H9Cl2N3O3/c1-7-4-12(19-22-7)13(20)9(6-17)14(21)18-11-3-2-8(15)5-10(11)16/h2-5,9H,1H3,(H,18,21)/t9-/m1/s1. The molecular formula is C14H9Cl2N3O3. The lowest BCUT2D eigenvalue weighted by Gasteiger charge is -2.09. The lowest BCUT2D eigenvalue weighted by molar-refractivity contribution is -0.117. The molecule has 0 saturated carbocycles. The number of nitrogens with zero attached hydrogens (tertiary/aromatic N) is 2. The fourth-order valence-corrected chi connectivity index (χ4v) is 2.12. The minimum Gasteiger partial charge on any atom is -0.361 e. The molecule has 8 heteroatoms. The van der Waals surface area contributed by atoms with Crippen LogP contribution in [0.4, 0.5) is 5.69 Å². The number of ketones is 1. The molecule has 0 unspecified atom stereocenters. The highest BCUT2D eigenvalue weighted by molar-refractivity contribution is 6.36. The zero-order valence-electron chi connectivity index (χ0n) is 11.3. The average molecular weight is 338 g/mol. The van der Waals surface area contributed by atoms with E-state index in [-0.39, 0.29) is 16.4 Å². The molecule has 112 valence electrons. The summed E-state index contributed by atoms with van der Waals surface area (Å²) in [6.07, 6.45) is 0. The number of carbonyl (C=O) groups excluding carboxylic acids is 2. The number of halogens is 2. The van der Waals surface area contributed by atoms with Gasteiger partial charge in [0.05, 0.1) is 16.8 Å². The third-order valence-electron chi connectivity index (χ3n) is 2.72. The predicted octanol–water partition coefficient (Wildman–Crippen LogP) is 3.25. The summed E-state index contributed by atoms with van der Waals surface area (Å²) in [5.74, 6) is -2.71. The average Bonchev–Trinajstić information content (AvgIpc) is 2.89. The number of anilines is 1. The van der Waals surface area contributed by atoms with Crippen LogP contribution < -0.4 is 5.32 Å². The monoisotopic (exact) mass is 337 g/mol. The van der Waals surface area contributed by atoms with E-state index in [1.807, 2.05) is 0 Å². The molecule has 2 aromatic rings. The third-order valence-corrected chi connectivity index (χ3v) is 3.27. The summed E-state index contributed by atoms with van der Waals surface area (Å²) in [5, 5.41) is 15.6. The molecule has 0 bridgehead atoms. The van der Waals surface area contributed by atoms with Gasteiger partial charge in [-0.2, -0.15) is 5.26 Å². The molecule has 1 amide bonds. The highest BCUT2D eigenvalue weighted by Gasteiger charge is 2.30. The number of benzene rings is 1. The molecule has 0 fully saturated rings. The molecule has 22 heavy (non-hydrogen) atoms. The van der Waals surface area contributed by atoms with Gasteiger partial charge in [-0.3, -0.25) is 9.59 Å². The fourth-order valence-electron chi connectivity index (χ4n) is 1.66. The Morgan fingerprint density at radius 2 is 2.09 bits per heavy atom. The zero-order chi connectivity index (χ0) is 16.3. The number of rotatable bonds is 4. The van der Waals surface area contributed by atoms with Gasteiger partial charge in [-0.25, -0.2) is 0 Å². The Morgan fingerprint density at radius 1 is 1.36 bits per heavy atom. The maximum atomic E-state index is 12.1. The number of hydrogen-bond acceptors (Lipinski definition) is 5. The van der Waals surface area contributed by atoms with Crippen LogP contribution in [0.3, 0.4) is 0 Å². The first-order valence-corrected chi connectivity index (χ1v) is 6.81. The summed E-state index contributed by atoms with van der Waals surface area (Å²) >= 11 is 11.7. The molecule has 1 heterocycles. The van der Waals surface area contributed by atoms with E-state index in [1.54, 1.807) is 13.0 Å². The summed E-state index contributed by atoms with van der Waals surface area (Å²) in [6.45, 7) is 1.60. The highest BCUT2D eigenvalue weighted by Crippen LogP contribution is 2.26. The number of amides is 1. The molecule has 0 aliphatic heterocycles. The number of nitrogens with one attached hydrogen (secondary N) is 1. The van der Waals surface area contributed by atoms with Crippen LogP contribution in [-0.4, -0.2) is 16.8 Å². The minimum absolute atomic E-state index is 0.0820. The van der Waals surface area contributed by atoms with Gasteiger partial charge in [0.1, 0.15) is 5.76 Å². The van der Waals surface area contributed by atoms with Gasteiger partial charge < -0.3 is 9.84 Å². The van der Waals surface area contributed by atoms with Crippen LogP contribution in [-0.2, 0) is 4.79 Å². The lowest BCUT2D eigenvalue weighted by Crippen LogP contribution is -2.29. The van der Waals surface area contributed by atoms with Crippen molar-refractivity contribution in [2.45, 2.75) is 6.92 Å². The van der Waals surface area contributed by atoms with Gasteiger partial charge in [0.15, 0.2) is 11.6 Å². The number of hydrogen-bond donors (Lipinski definition) is 1. The number of Topliss-reactive ketones (excluding diaryl/α,β-unsaturated/α-hetero) is 1. The van der Waals surface area contributed by atoms with Gasteiger partial charge in [-0.15, -0.1) is 0 Å². The van der Waals surface area contributed by atoms with Crippen LogP contribution in [0.15, 0.2) is 28.8 Å². The zero-order valence-corrected chi connectivity index (χ0v) is 12.8. The predicted molar refractivity (Wildman–Crippen MR) is 79.8 cm³/mol. The van der Waals surface area contributed by atoms with Crippen molar-refractivity contribution in [3.8, 4) is 6.07 Å². The van der Waals surface area contributed by atoms with Crippen LogP contribution in [0.1, 0.15) is 16.2 Å². The van der Waals surface area contributed by atoms with Gasteiger partial charge in [-0.05, 0) is 25.1 Å². The molecule has 0 radical (unpaired) electrons. The maximum Gasteiger partial charge on any atom is 0.249 e. The molecule has 0 aliphatic rings. The summed E-state index contributed by atoms with van der Waals surface area (Å²) in [4.78, 5) is 24.2. The first-order chi connectivity index (χ1) is 10.4. The van der Waals surface area contributed by atoms with E-state index >= 15 is 0 Å². The van der Waals surface area contributed by atoms with Gasteiger partial charge in [-0.1, -0.05) is 28.4 Å². The Kier molecular flexibility index (Phi) is 4.81. The van der Waals surface area contributed by atoms with Gasteiger partial charge in [0.25, 0.3) is 0 Å². The first-order valence-electron chi connectivity index (χ1n) is 6.05. The van der Waals surface area contributed by atoms with E-state index in [2.05, 4.69) is 10.5 Å². The summed E-state index contributed by atoms with van der Waals surface area (Å²) in [7, 11) is 0. The Morgan fingerprint density at radius 3 is 2.64 bits per heavy atom. The van der Waals surface area contributed by atoms with E-state index in [4.69, 9.17) is 33.0 Å². The largest absolute Gasteiger partial charge is 0.361 e. The second-order valence-corrected chi connectivity index (χ2v) is 5.21. The van der Waals surface area contributed by atoms with E-state index < -0.39 is 17.6 Å². The molecule has 6 nitrogen and oxygen atoms in total. The van der Waals surface area contributed by atoms with Crippen molar-refractivity contribution in [2.24, 2.45) is 5.92 Å². The second kappa shape index (κ2) is 6.60. The van der Waals surface area contributed by atoms with Crippen LogP contribution in [0.2, 0.25) is 10.0 Å². The van der Waals surface area contributed by atoms with Gasteiger partial charge in [0.2, 0.25) is 11.7 Å². The molecule has 0 aliphatic carbocycles. The van der Waals surface area contributed by atoms with E-state index in [0.29, 0.717) is 10.8 Å². The van der Waals surface area contributed by atoms with Crippen molar-refractivity contribution < 1.29 is 14.1 Å². The normalized spacial score (nSPS) is 11.5. The Labute approximate surface area is 135 Å². The highest BCUT2D eigenvalue weighted by atomic mass is 35.5. The molecule has 2 rings (SSSR count). The Hall–Kier alpha value is -2.36. The molecule has 0 spiro atoms. The lowest BCUT2D eigenvalue weighted by atomic mass is 10.0. The maximum absolute atomic E-state index is 12.1. The van der Waals surface area contributed by atoms with E-state index in [1.165, 1.54) is 24.3 Å². The Balaban J connectivity index is 2.19. The van der Waals surface area contributed by atoms with Crippen molar-refractivity contribution in [3.63, 3.8) is 0 Å². The van der Waals surface area contributed by atoms with Crippen molar-refractivity contribution in [1.82, 2.24) is 5.16 Å². The van der Waals surface area contributed by atoms with Crippen molar-refractivity contribution in [1.29, 1.82) is 5.26 Å². The molecule has 1 N–H and O–H groups in total. The topological polar surface area (TPSA) is 96.0 Å². The van der Waals surface area contributed by atoms with Crippen LogP contribution >= 0.6 is 23.2 Å². The first kappa shape index (κ1) is 16.0. The second-order valence-electron chi connectivity index (χ2n) is 4.36. The number of aromatic nitrogens is 1. The molecule has 1 aromatic carbocycles. The summed E-state index contributed by atoms with van der Waals surface area (Å²) in [6, 6.07) is 7.43. The van der Waals surface area contributed by atoms with Crippen LogP contribution in [0.5, 0.6) is 0 Å². The molecule has 0 saturated heterocycles. The quantitative estimate of drug-likeness (QED) is 0.682. The van der Waals surface area contributed by atoms with Crippen molar-refractivity contribution in [2.75, 3.05) is 5.32 Å². The molecule has 1 aromatic heterocycles. The molecular weight excluding hydrogens is 329 g/mol. The smallest absolute Gasteiger partial charge is 0.249 e. The van der Waals surface area contributed by atoms with Crippen molar-refractivity contribution >= 4 is 40.6 Å². The third kappa shape index (κ3) is 3.45. The summed E-state index contributed by atoms with van der Waals surface area (Å²) < 4.78 is 4.76. The molecule has 1 atom stereocenters. The van der Waals surface area contributed by atoms with Gasteiger partial charge >= 0.3 is 0 Å². The van der Waals surface area contributed by atoms with Crippen LogP contribution in [0.25, 0.3) is 0 Å². The van der Waals surface area contributed by atoms with E-state index in [9.17, 15) is 9.59 Å². The number of carbonyl (C=O) groups is 2. The number of aryl methyl sites for hydroxylation is 1. The SMILES string of the molecule is Cc1cc(C(=O)[C@@H](C#N)C(=O)Nc2ccc(Cl)cc2Cl)no1. The van der Waals surface area contributed by atoms with E-state index in [0.717, 1.165) is 0 Å². The van der Waals surface area contributed by atoms with Crippen molar-refractivity contribution in [3.05, 3.63) is 45.8 Å². The van der Waals surface area contributed by atoms with Crippen LogP contribution in [0, 0.1) is 24.2 Å². The fraction of sp³-hybridized carbons (Fsp3) is 0.143. The van der Waals surface area contributed by atoms with Gasteiger partial charge in [0, 0.05) is 11.1 Å². The minimum atomic E-state index is -1.56. The number of nitriles is 1. The Bertz CT molecular complexity index is 780. The summed E-state index contributed by atoms with van der Waals surface area (Å²) in [5.41, 5.74) is 0.168.